The van der Waals surface area contributed by atoms with Crippen LogP contribution in [0.15, 0.2) is 60.8 Å². The van der Waals surface area contributed by atoms with Gasteiger partial charge in [0, 0.05) is 29.1 Å². The van der Waals surface area contributed by atoms with Crippen LogP contribution in [-0.2, 0) is 6.42 Å². The van der Waals surface area contributed by atoms with Gasteiger partial charge in [-0.2, -0.15) is 0 Å². The number of rotatable bonds is 4. The van der Waals surface area contributed by atoms with Crippen LogP contribution >= 0.6 is 0 Å². The summed E-state index contributed by atoms with van der Waals surface area (Å²) in [7, 11) is 0. The molecule has 0 aliphatic carbocycles. The summed E-state index contributed by atoms with van der Waals surface area (Å²) < 4.78 is 0. The lowest BCUT2D eigenvalue weighted by atomic mass is 10.1. The molecule has 3 aromatic rings. The molecule has 0 unspecified atom stereocenters. The van der Waals surface area contributed by atoms with E-state index in [0.717, 1.165) is 25.1 Å². The largest absolute Gasteiger partial charge is 0.361 e. The summed E-state index contributed by atoms with van der Waals surface area (Å²) >= 11 is 0. The molecule has 0 aliphatic heterocycles. The van der Waals surface area contributed by atoms with Crippen molar-refractivity contribution < 1.29 is 5.32 Å². The molecule has 0 saturated carbocycles. The van der Waals surface area contributed by atoms with E-state index in [2.05, 4.69) is 52.6 Å². The second kappa shape index (κ2) is 6.78. The molecule has 104 valence electrons. The molecule has 0 radical (unpaired) electrons. The third-order valence-electron chi connectivity index (χ3n) is 3.55. The van der Waals surface area contributed by atoms with Gasteiger partial charge < -0.3 is 10.3 Å². The topological polar surface area (TPSA) is 32.4 Å². The van der Waals surface area contributed by atoms with Crippen LogP contribution in [0.3, 0.4) is 0 Å². The Kier molecular flexibility index (Phi) is 4.36. The Morgan fingerprint density at radius 2 is 1.76 bits per heavy atom. The van der Waals surface area contributed by atoms with Gasteiger partial charge in [-0.15, -0.1) is 0 Å². The van der Waals surface area contributed by atoms with Crippen molar-refractivity contribution in [1.82, 2.24) is 4.98 Å². The molecule has 0 fully saturated rings. The molecular weight excluding hydrogens is 256 g/mol. The van der Waals surface area contributed by atoms with Crippen molar-refractivity contribution in [3.63, 3.8) is 0 Å². The maximum absolute atomic E-state index is 3.32. The first-order valence-corrected chi connectivity index (χ1v) is 7.34. The van der Waals surface area contributed by atoms with Gasteiger partial charge in [-0.25, -0.2) is 0 Å². The van der Waals surface area contributed by atoms with Crippen molar-refractivity contribution in [2.24, 2.45) is 0 Å². The standard InChI is InChI=1S/C19H18N2/c1-2-7-16(8-3-1)9-6-13-20-14-12-17-15-21-19-11-5-4-10-18(17)19/h1-5,7-8,10-11,15,20-21H,12-14H2/p+1. The third-order valence-corrected chi connectivity index (χ3v) is 3.55. The number of nitrogens with two attached hydrogens (primary N) is 1. The average molecular weight is 275 g/mol. The Hall–Kier alpha value is -2.50. The van der Waals surface area contributed by atoms with E-state index in [9.17, 15) is 0 Å². The van der Waals surface area contributed by atoms with Gasteiger partial charge in [-0.05, 0) is 29.7 Å². The van der Waals surface area contributed by atoms with Gasteiger partial charge in [0.1, 0.15) is 6.54 Å². The van der Waals surface area contributed by atoms with Crippen LogP contribution in [0.1, 0.15) is 11.1 Å². The number of fused-ring (bicyclic) bond motifs is 1. The number of aromatic amines is 1. The Labute approximate surface area is 125 Å². The Bertz CT molecular complexity index is 760. The molecule has 0 aliphatic rings. The highest BCUT2D eigenvalue weighted by molar-refractivity contribution is 5.82. The highest BCUT2D eigenvalue weighted by Gasteiger charge is 2.02. The van der Waals surface area contributed by atoms with E-state index in [4.69, 9.17) is 0 Å². The monoisotopic (exact) mass is 275 g/mol. The molecule has 1 aromatic heterocycles. The summed E-state index contributed by atoms with van der Waals surface area (Å²) in [4.78, 5) is 3.32. The van der Waals surface area contributed by atoms with Crippen LogP contribution in [0.2, 0.25) is 0 Å². The van der Waals surface area contributed by atoms with E-state index in [1.807, 2.05) is 30.3 Å². The Balaban J connectivity index is 1.48. The maximum Gasteiger partial charge on any atom is 0.138 e. The Morgan fingerprint density at radius 3 is 2.67 bits per heavy atom. The minimum Gasteiger partial charge on any atom is -0.361 e. The fourth-order valence-corrected chi connectivity index (χ4v) is 2.44. The van der Waals surface area contributed by atoms with E-state index in [-0.39, 0.29) is 0 Å². The quantitative estimate of drug-likeness (QED) is 0.541. The van der Waals surface area contributed by atoms with Crippen LogP contribution in [0.4, 0.5) is 0 Å². The van der Waals surface area contributed by atoms with E-state index in [1.165, 1.54) is 16.5 Å². The van der Waals surface area contributed by atoms with Gasteiger partial charge in [0.25, 0.3) is 0 Å². The predicted molar refractivity (Wildman–Crippen MR) is 87.0 cm³/mol. The molecule has 2 nitrogen and oxygen atoms in total. The van der Waals surface area contributed by atoms with Gasteiger partial charge in [-0.3, -0.25) is 0 Å². The van der Waals surface area contributed by atoms with Crippen molar-refractivity contribution in [1.29, 1.82) is 0 Å². The van der Waals surface area contributed by atoms with E-state index in [0.29, 0.717) is 0 Å². The summed E-state index contributed by atoms with van der Waals surface area (Å²) in [5.74, 6) is 6.39. The number of quaternary nitrogens is 1. The van der Waals surface area contributed by atoms with Gasteiger partial charge in [0.05, 0.1) is 6.54 Å². The van der Waals surface area contributed by atoms with Crippen LogP contribution in [0.25, 0.3) is 10.9 Å². The second-order valence-corrected chi connectivity index (χ2v) is 5.06. The normalized spacial score (nSPS) is 10.3. The van der Waals surface area contributed by atoms with Crippen LogP contribution in [0.5, 0.6) is 0 Å². The number of nitrogens with one attached hydrogen (secondary N) is 1. The molecule has 0 atom stereocenters. The summed E-state index contributed by atoms with van der Waals surface area (Å²) in [5, 5.41) is 3.60. The van der Waals surface area contributed by atoms with Gasteiger partial charge in [0.15, 0.2) is 0 Å². The van der Waals surface area contributed by atoms with Crippen LogP contribution in [-0.4, -0.2) is 18.1 Å². The van der Waals surface area contributed by atoms with E-state index < -0.39 is 0 Å². The molecular formula is C19H19N2+. The molecule has 2 aromatic carbocycles. The first-order valence-electron chi connectivity index (χ1n) is 7.34. The van der Waals surface area contributed by atoms with Crippen molar-refractivity contribution in [3.8, 4) is 11.8 Å². The van der Waals surface area contributed by atoms with Gasteiger partial charge in [0.2, 0.25) is 0 Å². The zero-order valence-corrected chi connectivity index (χ0v) is 12.0. The number of H-pyrrole nitrogens is 1. The summed E-state index contributed by atoms with van der Waals surface area (Å²) in [6.45, 7) is 1.91. The highest BCUT2D eigenvalue weighted by atomic mass is 14.8. The SMILES string of the molecule is C(#Cc1ccccc1)C[NH2+]CCc1c[nH]c2ccccc12. The summed E-state index contributed by atoms with van der Waals surface area (Å²) in [6, 6.07) is 18.6. The summed E-state index contributed by atoms with van der Waals surface area (Å²) in [6.07, 6.45) is 3.19. The zero-order valence-electron chi connectivity index (χ0n) is 12.0. The summed E-state index contributed by atoms with van der Waals surface area (Å²) in [5.41, 5.74) is 3.69. The molecule has 3 N–H and O–H groups in total. The Morgan fingerprint density at radius 1 is 0.952 bits per heavy atom. The number of hydrogen-bond donors (Lipinski definition) is 2. The highest BCUT2D eigenvalue weighted by Crippen LogP contribution is 2.17. The lowest BCUT2D eigenvalue weighted by molar-refractivity contribution is -0.643. The first kappa shape index (κ1) is 13.5. The molecule has 2 heteroatoms. The second-order valence-electron chi connectivity index (χ2n) is 5.06. The predicted octanol–water partition coefficient (Wildman–Crippen LogP) is 2.33. The fraction of sp³-hybridized carbons (Fsp3) is 0.158. The number of hydrogen-bond acceptors (Lipinski definition) is 0. The van der Waals surface area contributed by atoms with Crippen molar-refractivity contribution in [2.45, 2.75) is 6.42 Å². The van der Waals surface area contributed by atoms with E-state index in [1.54, 1.807) is 0 Å². The van der Waals surface area contributed by atoms with Crippen molar-refractivity contribution in [2.75, 3.05) is 13.1 Å². The molecule has 0 bridgehead atoms. The molecule has 0 spiro atoms. The first-order chi connectivity index (χ1) is 10.4. The van der Waals surface area contributed by atoms with Crippen molar-refractivity contribution in [3.05, 3.63) is 71.9 Å². The number of para-hydroxylation sites is 1. The molecule has 0 amide bonds. The third kappa shape index (κ3) is 3.53. The lowest BCUT2D eigenvalue weighted by Crippen LogP contribution is -2.84. The average Bonchev–Trinajstić information content (AvgIpc) is 2.95. The van der Waals surface area contributed by atoms with Gasteiger partial charge >= 0.3 is 0 Å². The fourth-order valence-electron chi connectivity index (χ4n) is 2.44. The van der Waals surface area contributed by atoms with Crippen LogP contribution in [0, 0.1) is 11.8 Å². The smallest absolute Gasteiger partial charge is 0.138 e. The minimum atomic E-state index is 0.844. The molecule has 1 heterocycles. The van der Waals surface area contributed by atoms with Gasteiger partial charge in [-0.1, -0.05) is 42.3 Å². The van der Waals surface area contributed by atoms with Crippen LogP contribution < -0.4 is 5.32 Å². The lowest BCUT2D eigenvalue weighted by Gasteiger charge is -1.97. The molecule has 0 saturated heterocycles. The molecule has 3 rings (SSSR count). The number of aromatic nitrogens is 1. The van der Waals surface area contributed by atoms with E-state index >= 15 is 0 Å². The zero-order chi connectivity index (χ0) is 14.3. The maximum atomic E-state index is 3.32. The number of benzene rings is 2. The molecule has 21 heavy (non-hydrogen) atoms. The van der Waals surface area contributed by atoms with Crippen molar-refractivity contribution >= 4 is 10.9 Å². The minimum absolute atomic E-state index is 0.844.